The van der Waals surface area contributed by atoms with Crippen LogP contribution in [0.4, 0.5) is 0 Å². The van der Waals surface area contributed by atoms with Crippen molar-refractivity contribution in [3.63, 3.8) is 0 Å². The SMILES string of the molecule is CCCCCCCCCCCCCCCCC(CC)N1C=CNN1. The number of nitrogens with zero attached hydrogens (tertiary/aromatic N) is 1. The van der Waals surface area contributed by atoms with Crippen LogP contribution in [0, 0.1) is 0 Å². The summed E-state index contributed by atoms with van der Waals surface area (Å²) in [5.41, 5.74) is 6.21. The van der Waals surface area contributed by atoms with E-state index in [0.717, 1.165) is 0 Å². The molecule has 0 amide bonds. The van der Waals surface area contributed by atoms with E-state index in [4.69, 9.17) is 0 Å². The fourth-order valence-electron chi connectivity index (χ4n) is 3.59. The van der Waals surface area contributed by atoms with E-state index in [0.29, 0.717) is 6.04 Å². The van der Waals surface area contributed by atoms with Gasteiger partial charge in [-0.2, -0.15) is 0 Å². The second-order valence-corrected chi connectivity index (χ2v) is 7.43. The zero-order chi connectivity index (χ0) is 17.3. The molecule has 1 atom stereocenters. The van der Waals surface area contributed by atoms with Crippen LogP contribution < -0.4 is 11.0 Å². The first kappa shape index (κ1) is 21.3. The highest BCUT2D eigenvalue weighted by Gasteiger charge is 2.14. The van der Waals surface area contributed by atoms with Crippen LogP contribution in [-0.2, 0) is 0 Å². The van der Waals surface area contributed by atoms with Gasteiger partial charge in [0.2, 0.25) is 0 Å². The molecule has 0 aromatic carbocycles. The van der Waals surface area contributed by atoms with Gasteiger partial charge in [0.05, 0.1) is 0 Å². The van der Waals surface area contributed by atoms with Gasteiger partial charge < -0.3 is 5.43 Å². The van der Waals surface area contributed by atoms with Crippen molar-refractivity contribution in [2.45, 2.75) is 123 Å². The predicted octanol–water partition coefficient (Wildman–Crippen LogP) is 6.43. The molecule has 0 saturated heterocycles. The third kappa shape index (κ3) is 11.0. The largest absolute Gasteiger partial charge is 0.310 e. The van der Waals surface area contributed by atoms with E-state index in [9.17, 15) is 0 Å². The van der Waals surface area contributed by atoms with Crippen LogP contribution in [0.15, 0.2) is 12.4 Å². The van der Waals surface area contributed by atoms with Crippen LogP contribution >= 0.6 is 0 Å². The maximum atomic E-state index is 3.18. The van der Waals surface area contributed by atoms with Crippen molar-refractivity contribution in [2.24, 2.45) is 0 Å². The van der Waals surface area contributed by atoms with Crippen LogP contribution in [0.3, 0.4) is 0 Å². The Labute approximate surface area is 151 Å². The van der Waals surface area contributed by atoms with E-state index in [1.54, 1.807) is 0 Å². The lowest BCUT2D eigenvalue weighted by atomic mass is 10.0. The number of hydrogen-bond donors (Lipinski definition) is 2. The summed E-state index contributed by atoms with van der Waals surface area (Å²) < 4.78 is 0. The molecule has 24 heavy (non-hydrogen) atoms. The Balaban J connectivity index is 1.78. The number of unbranched alkanes of at least 4 members (excludes halogenated alkanes) is 13. The molecular weight excluding hydrogens is 294 g/mol. The van der Waals surface area contributed by atoms with Gasteiger partial charge in [0, 0.05) is 18.4 Å². The maximum Gasteiger partial charge on any atom is 0.0463 e. The number of rotatable bonds is 17. The van der Waals surface area contributed by atoms with Crippen LogP contribution in [0.2, 0.25) is 0 Å². The molecule has 0 aromatic heterocycles. The smallest absolute Gasteiger partial charge is 0.0463 e. The molecule has 142 valence electrons. The third-order valence-electron chi connectivity index (χ3n) is 5.27. The standard InChI is InChI=1S/C21H43N3/c1-3-5-6-7-8-9-10-11-12-13-14-15-16-17-18-21(4-2)24-20-19-22-23-24/h19-23H,3-18H2,1-2H3. The fourth-order valence-corrected chi connectivity index (χ4v) is 3.59. The summed E-state index contributed by atoms with van der Waals surface area (Å²) in [4.78, 5) is 0. The van der Waals surface area contributed by atoms with Crippen LogP contribution in [-0.4, -0.2) is 11.1 Å². The average Bonchev–Trinajstić information content (AvgIpc) is 3.13. The van der Waals surface area contributed by atoms with Crippen molar-refractivity contribution in [1.29, 1.82) is 0 Å². The van der Waals surface area contributed by atoms with E-state index in [-0.39, 0.29) is 0 Å². The molecule has 0 saturated carbocycles. The van der Waals surface area contributed by atoms with Gasteiger partial charge in [-0.3, -0.25) is 5.01 Å². The molecule has 0 aliphatic carbocycles. The normalized spacial score (nSPS) is 15.0. The van der Waals surface area contributed by atoms with Crippen LogP contribution in [0.25, 0.3) is 0 Å². The number of hydrazine groups is 2. The lowest BCUT2D eigenvalue weighted by molar-refractivity contribution is 0.179. The summed E-state index contributed by atoms with van der Waals surface area (Å²) >= 11 is 0. The Morgan fingerprint density at radius 2 is 1.21 bits per heavy atom. The molecule has 0 aromatic rings. The Morgan fingerprint density at radius 1 is 0.708 bits per heavy atom. The van der Waals surface area contributed by atoms with Gasteiger partial charge in [0.15, 0.2) is 0 Å². The quantitative estimate of drug-likeness (QED) is 0.299. The van der Waals surface area contributed by atoms with Crippen molar-refractivity contribution in [3.8, 4) is 0 Å². The van der Waals surface area contributed by atoms with Crippen LogP contribution in [0.5, 0.6) is 0 Å². The highest BCUT2D eigenvalue weighted by Crippen LogP contribution is 2.16. The van der Waals surface area contributed by atoms with Crippen molar-refractivity contribution < 1.29 is 0 Å². The molecule has 0 bridgehead atoms. The first-order chi connectivity index (χ1) is 11.9. The van der Waals surface area contributed by atoms with Gasteiger partial charge in [-0.1, -0.05) is 104 Å². The van der Waals surface area contributed by atoms with Crippen LogP contribution in [0.1, 0.15) is 117 Å². The second kappa shape index (κ2) is 15.8. The summed E-state index contributed by atoms with van der Waals surface area (Å²) in [6, 6.07) is 0.633. The summed E-state index contributed by atoms with van der Waals surface area (Å²) in [6.07, 6.45) is 26.7. The minimum absolute atomic E-state index is 0.633. The van der Waals surface area contributed by atoms with E-state index < -0.39 is 0 Å². The molecular formula is C21H43N3. The minimum Gasteiger partial charge on any atom is -0.310 e. The molecule has 3 heteroatoms. The van der Waals surface area contributed by atoms with E-state index in [1.807, 2.05) is 6.20 Å². The molecule has 1 rings (SSSR count). The molecule has 2 N–H and O–H groups in total. The highest BCUT2D eigenvalue weighted by molar-refractivity contribution is 4.86. The molecule has 1 unspecified atom stereocenters. The summed E-state index contributed by atoms with van der Waals surface area (Å²) in [5, 5.41) is 2.21. The zero-order valence-electron chi connectivity index (χ0n) is 16.5. The predicted molar refractivity (Wildman–Crippen MR) is 106 cm³/mol. The summed E-state index contributed by atoms with van der Waals surface area (Å²) in [5.74, 6) is 0. The molecule has 3 nitrogen and oxygen atoms in total. The van der Waals surface area contributed by atoms with Gasteiger partial charge in [-0.15, -0.1) is 5.53 Å². The zero-order valence-corrected chi connectivity index (χ0v) is 16.5. The second-order valence-electron chi connectivity index (χ2n) is 7.43. The number of hydrogen-bond acceptors (Lipinski definition) is 3. The minimum atomic E-state index is 0.633. The maximum absolute atomic E-state index is 3.18. The van der Waals surface area contributed by atoms with Gasteiger partial charge in [-0.05, 0) is 12.8 Å². The van der Waals surface area contributed by atoms with E-state index in [1.165, 1.54) is 103 Å². The molecule has 0 radical (unpaired) electrons. The highest BCUT2D eigenvalue weighted by atomic mass is 15.7. The van der Waals surface area contributed by atoms with Gasteiger partial charge in [0.1, 0.15) is 0 Å². The lowest BCUT2D eigenvalue weighted by Gasteiger charge is -2.26. The first-order valence-electron chi connectivity index (χ1n) is 10.8. The molecule has 1 aliphatic heterocycles. The van der Waals surface area contributed by atoms with Gasteiger partial charge in [-0.25, -0.2) is 0 Å². The fraction of sp³-hybridized carbons (Fsp3) is 0.905. The molecule has 0 fully saturated rings. The van der Waals surface area contributed by atoms with Crippen molar-refractivity contribution in [2.75, 3.05) is 0 Å². The van der Waals surface area contributed by atoms with Gasteiger partial charge in [0.25, 0.3) is 0 Å². The monoisotopic (exact) mass is 337 g/mol. The first-order valence-corrected chi connectivity index (χ1v) is 10.8. The Bertz CT molecular complexity index is 291. The van der Waals surface area contributed by atoms with E-state index >= 15 is 0 Å². The molecule has 0 spiro atoms. The van der Waals surface area contributed by atoms with E-state index in [2.05, 4.69) is 36.0 Å². The van der Waals surface area contributed by atoms with Crippen molar-refractivity contribution in [1.82, 2.24) is 16.0 Å². The van der Waals surface area contributed by atoms with Gasteiger partial charge >= 0.3 is 0 Å². The topological polar surface area (TPSA) is 27.3 Å². The Hall–Kier alpha value is -0.700. The number of nitrogens with one attached hydrogen (secondary N) is 2. The average molecular weight is 338 g/mol. The third-order valence-corrected chi connectivity index (χ3v) is 5.27. The Morgan fingerprint density at radius 3 is 1.62 bits per heavy atom. The molecule has 1 aliphatic rings. The molecule has 1 heterocycles. The van der Waals surface area contributed by atoms with Crippen molar-refractivity contribution >= 4 is 0 Å². The lowest BCUT2D eigenvalue weighted by Crippen LogP contribution is -2.42. The summed E-state index contributed by atoms with van der Waals surface area (Å²) in [6.45, 7) is 4.57. The van der Waals surface area contributed by atoms with Crippen molar-refractivity contribution in [3.05, 3.63) is 12.4 Å². The Kier molecular flexibility index (Phi) is 14.1. The summed E-state index contributed by atoms with van der Waals surface area (Å²) in [7, 11) is 0.